The fraction of sp³-hybridized carbons (Fsp3) is 0.462. The van der Waals surface area contributed by atoms with E-state index in [1.165, 1.54) is 0 Å². The van der Waals surface area contributed by atoms with Crippen LogP contribution in [0.25, 0.3) is 0 Å². The summed E-state index contributed by atoms with van der Waals surface area (Å²) in [4.78, 5) is 18.2. The quantitative estimate of drug-likeness (QED) is 0.860. The Morgan fingerprint density at radius 1 is 1.56 bits per heavy atom. The first kappa shape index (κ1) is 14.0. The number of nitriles is 1. The van der Waals surface area contributed by atoms with E-state index < -0.39 is 0 Å². The van der Waals surface area contributed by atoms with Gasteiger partial charge in [0.15, 0.2) is 0 Å². The minimum Gasteiger partial charge on any atom is -0.373 e. The number of anilines is 1. The molecule has 0 radical (unpaired) electrons. The summed E-state index contributed by atoms with van der Waals surface area (Å²) in [7, 11) is 1.77. The van der Waals surface area contributed by atoms with E-state index >= 15 is 0 Å². The molecule has 18 heavy (non-hydrogen) atoms. The van der Waals surface area contributed by atoms with Crippen LogP contribution in [0.4, 0.5) is 5.82 Å². The topological polar surface area (TPSA) is 69.0 Å². The van der Waals surface area contributed by atoms with E-state index in [1.54, 1.807) is 24.1 Å². The molecule has 0 saturated heterocycles. The van der Waals surface area contributed by atoms with Gasteiger partial charge in [0, 0.05) is 31.4 Å². The highest BCUT2D eigenvalue weighted by atomic mass is 16.2. The summed E-state index contributed by atoms with van der Waals surface area (Å²) in [6.45, 7) is 4.81. The van der Waals surface area contributed by atoms with Crippen LogP contribution in [-0.4, -0.2) is 35.9 Å². The summed E-state index contributed by atoms with van der Waals surface area (Å²) in [5.74, 6) is 0.615. The first-order chi connectivity index (χ1) is 8.62. The molecule has 96 valence electrons. The van der Waals surface area contributed by atoms with Crippen LogP contribution in [0.15, 0.2) is 12.1 Å². The van der Waals surface area contributed by atoms with Crippen molar-refractivity contribution in [1.82, 2.24) is 9.88 Å². The monoisotopic (exact) mass is 246 g/mol. The van der Waals surface area contributed by atoms with Crippen LogP contribution in [0, 0.1) is 18.3 Å². The maximum atomic E-state index is 12.3. The standard InChI is InChI=1S/C13H18N4O/c1-4-17(7-5-6-14)13(18)11-8-10(2)16-12(9-11)15-3/h8-9H,4-5,7H2,1-3H3,(H,15,16). The van der Waals surface area contributed by atoms with Crippen molar-refractivity contribution in [2.45, 2.75) is 20.3 Å². The zero-order valence-corrected chi connectivity index (χ0v) is 11.0. The predicted octanol–water partition coefficient (Wildman–Crippen LogP) is 1.81. The SMILES string of the molecule is CCN(CCC#N)C(=O)c1cc(C)nc(NC)c1. The Balaban J connectivity index is 2.94. The highest BCUT2D eigenvalue weighted by Gasteiger charge is 2.15. The van der Waals surface area contributed by atoms with Gasteiger partial charge in [0.1, 0.15) is 5.82 Å². The molecule has 1 heterocycles. The van der Waals surface area contributed by atoms with Crippen molar-refractivity contribution < 1.29 is 4.79 Å². The molecular formula is C13H18N4O. The Morgan fingerprint density at radius 2 is 2.28 bits per heavy atom. The summed E-state index contributed by atoms with van der Waals surface area (Å²) in [5, 5.41) is 11.5. The number of nitrogens with zero attached hydrogens (tertiary/aromatic N) is 3. The minimum atomic E-state index is -0.0604. The van der Waals surface area contributed by atoms with Crippen LogP contribution in [0.1, 0.15) is 29.4 Å². The van der Waals surface area contributed by atoms with E-state index in [2.05, 4.69) is 16.4 Å². The van der Waals surface area contributed by atoms with Gasteiger partial charge in [0.25, 0.3) is 5.91 Å². The lowest BCUT2D eigenvalue weighted by atomic mass is 10.2. The van der Waals surface area contributed by atoms with Gasteiger partial charge in [-0.25, -0.2) is 4.98 Å². The van der Waals surface area contributed by atoms with Gasteiger partial charge in [0.2, 0.25) is 0 Å². The van der Waals surface area contributed by atoms with Crippen LogP contribution in [0.5, 0.6) is 0 Å². The van der Waals surface area contributed by atoms with Crippen molar-refractivity contribution >= 4 is 11.7 Å². The molecule has 1 N–H and O–H groups in total. The van der Waals surface area contributed by atoms with Gasteiger partial charge in [-0.05, 0) is 26.0 Å². The fourth-order valence-electron chi connectivity index (χ4n) is 1.69. The van der Waals surface area contributed by atoms with Crippen LogP contribution in [0.2, 0.25) is 0 Å². The third-order valence-electron chi connectivity index (χ3n) is 2.62. The molecule has 0 aliphatic carbocycles. The molecule has 5 heteroatoms. The average Bonchev–Trinajstić information content (AvgIpc) is 2.38. The number of amides is 1. The van der Waals surface area contributed by atoms with Gasteiger partial charge in [0.05, 0.1) is 12.5 Å². The Labute approximate surface area is 107 Å². The summed E-state index contributed by atoms with van der Waals surface area (Å²) in [6, 6.07) is 5.54. The van der Waals surface area contributed by atoms with E-state index in [-0.39, 0.29) is 5.91 Å². The van der Waals surface area contributed by atoms with E-state index in [9.17, 15) is 4.79 Å². The molecule has 0 bridgehead atoms. The van der Waals surface area contributed by atoms with Crippen LogP contribution in [0.3, 0.4) is 0 Å². The number of pyridine rings is 1. The van der Waals surface area contributed by atoms with Gasteiger partial charge >= 0.3 is 0 Å². The largest absolute Gasteiger partial charge is 0.373 e. The van der Waals surface area contributed by atoms with E-state index in [0.717, 1.165) is 5.69 Å². The Morgan fingerprint density at radius 3 is 2.83 bits per heavy atom. The molecule has 1 rings (SSSR count). The molecule has 0 saturated carbocycles. The molecule has 0 aliphatic rings. The molecule has 5 nitrogen and oxygen atoms in total. The summed E-state index contributed by atoms with van der Waals surface area (Å²) < 4.78 is 0. The first-order valence-corrected chi connectivity index (χ1v) is 5.95. The number of aromatic nitrogens is 1. The third kappa shape index (κ3) is 3.45. The van der Waals surface area contributed by atoms with Crippen molar-refractivity contribution in [2.75, 3.05) is 25.5 Å². The Kier molecular flexibility index (Phi) is 5.12. The second-order valence-corrected chi connectivity index (χ2v) is 3.93. The van der Waals surface area contributed by atoms with Crippen molar-refractivity contribution in [3.63, 3.8) is 0 Å². The van der Waals surface area contributed by atoms with Crippen LogP contribution >= 0.6 is 0 Å². The molecule has 0 unspecified atom stereocenters. The fourth-order valence-corrected chi connectivity index (χ4v) is 1.69. The van der Waals surface area contributed by atoms with Crippen molar-refractivity contribution in [2.24, 2.45) is 0 Å². The second kappa shape index (κ2) is 6.60. The number of aryl methyl sites for hydroxylation is 1. The van der Waals surface area contributed by atoms with E-state index in [0.29, 0.717) is 30.9 Å². The van der Waals surface area contributed by atoms with Crippen LogP contribution < -0.4 is 5.32 Å². The minimum absolute atomic E-state index is 0.0604. The molecule has 0 aliphatic heterocycles. The Bertz CT molecular complexity index is 465. The van der Waals surface area contributed by atoms with Crippen molar-refractivity contribution in [3.05, 3.63) is 23.4 Å². The summed E-state index contributed by atoms with van der Waals surface area (Å²) >= 11 is 0. The van der Waals surface area contributed by atoms with Gasteiger partial charge < -0.3 is 10.2 Å². The number of nitrogens with one attached hydrogen (secondary N) is 1. The third-order valence-corrected chi connectivity index (χ3v) is 2.62. The normalized spacial score (nSPS) is 9.67. The molecule has 1 aromatic heterocycles. The molecule has 0 fully saturated rings. The van der Waals surface area contributed by atoms with Crippen molar-refractivity contribution in [1.29, 1.82) is 5.26 Å². The lowest BCUT2D eigenvalue weighted by Gasteiger charge is -2.20. The number of carbonyl (C=O) groups excluding carboxylic acids is 1. The van der Waals surface area contributed by atoms with E-state index in [1.807, 2.05) is 13.8 Å². The van der Waals surface area contributed by atoms with Gasteiger partial charge in [-0.15, -0.1) is 0 Å². The lowest BCUT2D eigenvalue weighted by Crippen LogP contribution is -2.31. The molecule has 0 atom stereocenters. The second-order valence-electron chi connectivity index (χ2n) is 3.93. The van der Waals surface area contributed by atoms with E-state index in [4.69, 9.17) is 5.26 Å². The molecule has 1 amide bonds. The first-order valence-electron chi connectivity index (χ1n) is 5.95. The summed E-state index contributed by atoms with van der Waals surface area (Å²) in [5.41, 5.74) is 1.40. The predicted molar refractivity (Wildman–Crippen MR) is 70.3 cm³/mol. The highest BCUT2D eigenvalue weighted by Crippen LogP contribution is 2.12. The Hall–Kier alpha value is -2.09. The highest BCUT2D eigenvalue weighted by molar-refractivity contribution is 5.95. The molecule has 0 spiro atoms. The summed E-state index contributed by atoms with van der Waals surface area (Å²) in [6.07, 6.45) is 0.350. The smallest absolute Gasteiger partial charge is 0.254 e. The average molecular weight is 246 g/mol. The number of hydrogen-bond donors (Lipinski definition) is 1. The molecular weight excluding hydrogens is 228 g/mol. The number of hydrogen-bond acceptors (Lipinski definition) is 4. The molecule has 1 aromatic rings. The zero-order chi connectivity index (χ0) is 13.5. The maximum absolute atomic E-state index is 12.3. The number of carbonyl (C=O) groups is 1. The van der Waals surface area contributed by atoms with Gasteiger partial charge in [-0.2, -0.15) is 5.26 Å². The zero-order valence-electron chi connectivity index (χ0n) is 11.0. The maximum Gasteiger partial charge on any atom is 0.254 e. The lowest BCUT2D eigenvalue weighted by molar-refractivity contribution is 0.0767. The molecule has 0 aromatic carbocycles. The van der Waals surface area contributed by atoms with Crippen molar-refractivity contribution in [3.8, 4) is 6.07 Å². The van der Waals surface area contributed by atoms with Gasteiger partial charge in [-0.3, -0.25) is 4.79 Å². The van der Waals surface area contributed by atoms with Gasteiger partial charge in [-0.1, -0.05) is 0 Å². The van der Waals surface area contributed by atoms with Crippen LogP contribution in [-0.2, 0) is 0 Å². The number of rotatable bonds is 5.